The summed E-state index contributed by atoms with van der Waals surface area (Å²) in [6.07, 6.45) is 0. The standard InChI is InChI=1S/C15H10I4O6S/c16-9-3-1-8(2-4-9)15(20)25-6-5-24-13-10(17)7-11(18)14(12(13)19)26(21,22)23/h1-4,7H,5-6H2,(H,21,22,23)/p-1. The Bertz CT molecular complexity index is 928. The molecule has 0 N–H and O–H groups in total. The Morgan fingerprint density at radius 1 is 1.00 bits per heavy atom. The van der Waals surface area contributed by atoms with E-state index in [2.05, 4.69) is 22.6 Å². The third-order valence-corrected chi connectivity index (χ3v) is 8.04. The maximum absolute atomic E-state index is 11.9. The zero-order chi connectivity index (χ0) is 19.5. The van der Waals surface area contributed by atoms with Gasteiger partial charge in [-0.05, 0) is 121 Å². The van der Waals surface area contributed by atoms with Crippen molar-refractivity contribution < 1.29 is 27.2 Å². The van der Waals surface area contributed by atoms with Gasteiger partial charge >= 0.3 is 5.97 Å². The van der Waals surface area contributed by atoms with Crippen molar-refractivity contribution in [2.24, 2.45) is 0 Å². The van der Waals surface area contributed by atoms with Crippen molar-refractivity contribution in [1.29, 1.82) is 0 Å². The lowest BCUT2D eigenvalue weighted by Gasteiger charge is -2.17. The zero-order valence-corrected chi connectivity index (χ0v) is 22.1. The first-order valence-corrected chi connectivity index (χ1v) is 12.5. The number of hydrogen-bond acceptors (Lipinski definition) is 6. The number of esters is 1. The van der Waals surface area contributed by atoms with Gasteiger partial charge in [-0.3, -0.25) is 0 Å². The number of carbonyl (C=O) groups is 1. The van der Waals surface area contributed by atoms with Crippen LogP contribution in [0.2, 0.25) is 0 Å². The highest BCUT2D eigenvalue weighted by Gasteiger charge is 2.20. The Hall–Kier alpha value is 0.540. The van der Waals surface area contributed by atoms with Crippen molar-refractivity contribution in [3.8, 4) is 5.75 Å². The van der Waals surface area contributed by atoms with Gasteiger partial charge in [-0.15, -0.1) is 0 Å². The number of benzene rings is 2. The molecular weight excluding hydrogens is 816 g/mol. The molecule has 2 aromatic carbocycles. The molecule has 0 radical (unpaired) electrons. The van der Waals surface area contributed by atoms with Crippen LogP contribution in [0.15, 0.2) is 35.2 Å². The van der Waals surface area contributed by atoms with Gasteiger partial charge in [0, 0.05) is 7.14 Å². The quantitative estimate of drug-likeness (QED) is 0.188. The number of ether oxygens (including phenoxy) is 2. The van der Waals surface area contributed by atoms with Gasteiger partial charge in [0.2, 0.25) is 0 Å². The second-order valence-corrected chi connectivity index (χ2v) is 10.7. The maximum atomic E-state index is 11.9. The molecule has 2 aromatic rings. The van der Waals surface area contributed by atoms with E-state index in [1.54, 1.807) is 75.5 Å². The van der Waals surface area contributed by atoms with Gasteiger partial charge in [-0.2, -0.15) is 0 Å². The maximum Gasteiger partial charge on any atom is 0.338 e. The summed E-state index contributed by atoms with van der Waals surface area (Å²) in [4.78, 5) is 11.6. The molecule has 26 heavy (non-hydrogen) atoms. The van der Waals surface area contributed by atoms with Crippen LogP contribution in [0, 0.1) is 14.3 Å². The average Bonchev–Trinajstić information content (AvgIpc) is 2.52. The molecule has 0 aromatic heterocycles. The second-order valence-electron chi connectivity index (χ2n) is 4.76. The Balaban J connectivity index is 2.04. The zero-order valence-electron chi connectivity index (χ0n) is 12.7. The molecule has 11 heteroatoms. The van der Waals surface area contributed by atoms with Crippen LogP contribution in [0.25, 0.3) is 0 Å². The minimum absolute atomic E-state index is 0.0115. The van der Waals surface area contributed by atoms with Crippen LogP contribution in [0.5, 0.6) is 5.75 Å². The first-order valence-electron chi connectivity index (χ1n) is 6.80. The van der Waals surface area contributed by atoms with Gasteiger partial charge in [0.15, 0.2) is 0 Å². The van der Waals surface area contributed by atoms with Gasteiger partial charge in [0.05, 0.1) is 17.6 Å². The Morgan fingerprint density at radius 3 is 2.19 bits per heavy atom. The van der Waals surface area contributed by atoms with Gasteiger partial charge in [0.25, 0.3) is 0 Å². The van der Waals surface area contributed by atoms with E-state index < -0.39 is 16.1 Å². The van der Waals surface area contributed by atoms with E-state index in [9.17, 15) is 17.8 Å². The van der Waals surface area contributed by atoms with Crippen LogP contribution in [-0.4, -0.2) is 32.2 Å². The van der Waals surface area contributed by atoms with Crippen LogP contribution in [0.3, 0.4) is 0 Å². The summed E-state index contributed by atoms with van der Waals surface area (Å²) in [5, 5.41) is 0. The molecule has 0 bridgehead atoms. The van der Waals surface area contributed by atoms with Crippen molar-refractivity contribution >= 4 is 106 Å². The molecule has 0 heterocycles. The topological polar surface area (TPSA) is 92.7 Å². The average molecular weight is 825 g/mol. The predicted molar refractivity (Wildman–Crippen MR) is 127 cm³/mol. The van der Waals surface area contributed by atoms with E-state index in [1.165, 1.54) is 0 Å². The van der Waals surface area contributed by atoms with Crippen molar-refractivity contribution in [3.63, 3.8) is 0 Å². The van der Waals surface area contributed by atoms with Crippen LogP contribution in [-0.2, 0) is 14.9 Å². The highest BCUT2D eigenvalue weighted by atomic mass is 127. The molecule has 0 unspecified atom stereocenters. The van der Waals surface area contributed by atoms with E-state index in [-0.39, 0.29) is 27.4 Å². The Labute approximate surface area is 205 Å². The molecular formula is C15H9I4O6S-. The molecule has 140 valence electrons. The van der Waals surface area contributed by atoms with Crippen molar-refractivity contribution in [3.05, 3.63) is 50.2 Å². The predicted octanol–water partition coefficient (Wildman–Crippen LogP) is 4.24. The molecule has 0 saturated carbocycles. The third-order valence-electron chi connectivity index (χ3n) is 2.98. The third kappa shape index (κ3) is 6.02. The fourth-order valence-electron chi connectivity index (χ4n) is 1.86. The first-order chi connectivity index (χ1) is 12.1. The molecule has 0 spiro atoms. The van der Waals surface area contributed by atoms with Crippen molar-refractivity contribution in [2.45, 2.75) is 4.90 Å². The smallest absolute Gasteiger partial charge is 0.338 e. The Morgan fingerprint density at radius 2 is 1.62 bits per heavy atom. The minimum Gasteiger partial charge on any atom is -0.744 e. The van der Waals surface area contributed by atoms with Gasteiger partial charge in [-0.25, -0.2) is 13.2 Å². The minimum atomic E-state index is -4.62. The first kappa shape index (κ1) is 22.8. The van der Waals surface area contributed by atoms with Crippen LogP contribution >= 0.6 is 90.4 Å². The molecule has 0 amide bonds. The highest BCUT2D eigenvalue weighted by Crippen LogP contribution is 2.35. The Kier molecular flexibility index (Phi) is 8.64. The van der Waals surface area contributed by atoms with E-state index in [0.717, 1.165) is 3.57 Å². The monoisotopic (exact) mass is 825 g/mol. The summed E-state index contributed by atoms with van der Waals surface area (Å²) in [6, 6.07) is 8.49. The molecule has 0 saturated heterocycles. The summed E-state index contributed by atoms with van der Waals surface area (Å²) in [7, 11) is -4.62. The molecule has 0 atom stereocenters. The normalized spacial score (nSPS) is 11.3. The highest BCUT2D eigenvalue weighted by molar-refractivity contribution is 14.1. The van der Waals surface area contributed by atoms with Crippen molar-refractivity contribution in [2.75, 3.05) is 13.2 Å². The van der Waals surface area contributed by atoms with E-state index in [4.69, 9.17) is 9.47 Å². The lowest BCUT2D eigenvalue weighted by molar-refractivity contribution is 0.0449. The molecule has 0 fully saturated rings. The SMILES string of the molecule is O=C(OCCOc1c(I)cc(I)c(S(=O)(=O)[O-])c1I)c1ccc(I)cc1. The summed E-state index contributed by atoms with van der Waals surface area (Å²) in [6.45, 7) is 0.0173. The van der Waals surface area contributed by atoms with Crippen LogP contribution < -0.4 is 4.74 Å². The summed E-state index contributed by atoms with van der Waals surface area (Å²) < 4.78 is 47.3. The lowest BCUT2D eigenvalue weighted by Crippen LogP contribution is -2.14. The van der Waals surface area contributed by atoms with E-state index in [1.807, 2.05) is 22.6 Å². The van der Waals surface area contributed by atoms with Crippen molar-refractivity contribution in [1.82, 2.24) is 0 Å². The van der Waals surface area contributed by atoms with Crippen LogP contribution in [0.4, 0.5) is 0 Å². The fraction of sp³-hybridized carbons (Fsp3) is 0.133. The second kappa shape index (κ2) is 9.84. The summed E-state index contributed by atoms with van der Waals surface area (Å²) in [5.41, 5.74) is 0.434. The molecule has 6 nitrogen and oxygen atoms in total. The molecule has 2 rings (SSSR count). The molecule has 0 aliphatic carbocycles. The number of rotatable bonds is 6. The number of carbonyl (C=O) groups excluding carboxylic acids is 1. The van der Waals surface area contributed by atoms with Gasteiger partial charge in [0.1, 0.15) is 29.1 Å². The van der Waals surface area contributed by atoms with Crippen LogP contribution in [0.1, 0.15) is 10.4 Å². The van der Waals surface area contributed by atoms with E-state index in [0.29, 0.717) is 12.7 Å². The summed E-state index contributed by atoms with van der Waals surface area (Å²) in [5.74, 6) is -0.189. The van der Waals surface area contributed by atoms with Gasteiger partial charge in [-0.1, -0.05) is 0 Å². The molecule has 0 aliphatic rings. The van der Waals surface area contributed by atoms with E-state index >= 15 is 0 Å². The fourth-order valence-corrected chi connectivity index (χ4v) is 8.13. The lowest BCUT2D eigenvalue weighted by atomic mass is 10.2. The largest absolute Gasteiger partial charge is 0.744 e. The summed E-state index contributed by atoms with van der Waals surface area (Å²) >= 11 is 7.71. The number of hydrogen-bond donors (Lipinski definition) is 0. The van der Waals surface area contributed by atoms with Gasteiger partial charge < -0.3 is 14.0 Å². The number of halogens is 4. The molecule has 0 aliphatic heterocycles.